The van der Waals surface area contributed by atoms with Gasteiger partial charge in [-0.25, -0.2) is 5.09 Å². The van der Waals surface area contributed by atoms with Crippen LogP contribution in [0.2, 0.25) is 0 Å². The SMILES string of the molecule is N#C[C@@H](N=C1c2ccccc2-c2ccccc21)[C@H](NP(=O)(c1ccccc1)c1ccccc1)c1ccccc1. The minimum absolute atomic E-state index is 0.630. The summed E-state index contributed by atoms with van der Waals surface area (Å²) in [6.45, 7) is 0. The van der Waals surface area contributed by atoms with Gasteiger partial charge in [0.2, 0.25) is 7.29 Å². The van der Waals surface area contributed by atoms with Crippen molar-refractivity contribution in [3.8, 4) is 17.2 Å². The maximum Gasteiger partial charge on any atom is 0.205 e. The Morgan fingerprint density at radius 3 is 1.46 bits per heavy atom. The molecule has 0 bridgehead atoms. The summed E-state index contributed by atoms with van der Waals surface area (Å²) < 4.78 is 15.0. The van der Waals surface area contributed by atoms with Crippen molar-refractivity contribution in [3.05, 3.63) is 156 Å². The van der Waals surface area contributed by atoms with E-state index in [1.807, 2.05) is 127 Å². The number of nitrogens with zero attached hydrogens (tertiary/aromatic N) is 2. The van der Waals surface area contributed by atoms with E-state index in [4.69, 9.17) is 4.99 Å². The lowest BCUT2D eigenvalue weighted by molar-refractivity contribution is 0.545. The summed E-state index contributed by atoms with van der Waals surface area (Å²) >= 11 is 0. The number of rotatable bonds is 7. The van der Waals surface area contributed by atoms with Crippen LogP contribution in [-0.4, -0.2) is 11.8 Å². The van der Waals surface area contributed by atoms with Gasteiger partial charge in [0.05, 0.1) is 17.8 Å². The average Bonchev–Trinajstić information content (AvgIpc) is 3.33. The summed E-state index contributed by atoms with van der Waals surface area (Å²) in [5, 5.41) is 15.4. The Morgan fingerprint density at radius 2 is 1.00 bits per heavy atom. The first-order valence-electron chi connectivity index (χ1n) is 12.9. The second-order valence-corrected chi connectivity index (χ2v) is 12.0. The van der Waals surface area contributed by atoms with Crippen molar-refractivity contribution in [1.29, 1.82) is 5.26 Å². The quantitative estimate of drug-likeness (QED) is 0.238. The zero-order valence-electron chi connectivity index (χ0n) is 21.2. The molecule has 2 atom stereocenters. The fraction of sp³-hybridized carbons (Fsp3) is 0.0588. The number of nitriles is 1. The highest BCUT2D eigenvalue weighted by atomic mass is 31.2. The molecule has 0 amide bonds. The summed E-state index contributed by atoms with van der Waals surface area (Å²) in [7, 11) is -3.36. The third-order valence-electron chi connectivity index (χ3n) is 7.09. The zero-order valence-corrected chi connectivity index (χ0v) is 22.1. The molecule has 1 N–H and O–H groups in total. The third-order valence-corrected chi connectivity index (χ3v) is 9.78. The van der Waals surface area contributed by atoms with Gasteiger partial charge in [0.15, 0.2) is 6.04 Å². The van der Waals surface area contributed by atoms with Crippen molar-refractivity contribution in [2.45, 2.75) is 12.1 Å². The Hall–Kier alpha value is -4.55. The van der Waals surface area contributed by atoms with Crippen LogP contribution in [0, 0.1) is 11.3 Å². The monoisotopic (exact) mass is 523 g/mol. The van der Waals surface area contributed by atoms with Crippen LogP contribution in [0.3, 0.4) is 0 Å². The largest absolute Gasteiger partial charge is 0.297 e. The molecule has 0 aromatic heterocycles. The topological polar surface area (TPSA) is 65.2 Å². The van der Waals surface area contributed by atoms with Crippen LogP contribution in [0.25, 0.3) is 11.1 Å². The maximum atomic E-state index is 15.0. The fourth-order valence-electron chi connectivity index (χ4n) is 5.21. The number of aliphatic imine (C=N–C) groups is 1. The van der Waals surface area contributed by atoms with E-state index in [9.17, 15) is 9.83 Å². The van der Waals surface area contributed by atoms with E-state index >= 15 is 0 Å². The van der Waals surface area contributed by atoms with E-state index in [2.05, 4.69) is 23.3 Å². The van der Waals surface area contributed by atoms with Crippen LogP contribution in [-0.2, 0) is 4.57 Å². The van der Waals surface area contributed by atoms with Crippen molar-refractivity contribution in [2.75, 3.05) is 0 Å². The Labute approximate surface area is 228 Å². The highest BCUT2D eigenvalue weighted by Crippen LogP contribution is 2.43. The Balaban J connectivity index is 1.51. The maximum absolute atomic E-state index is 15.0. The molecule has 188 valence electrons. The predicted octanol–water partition coefficient (Wildman–Crippen LogP) is 6.66. The smallest absolute Gasteiger partial charge is 0.205 e. The van der Waals surface area contributed by atoms with Crippen LogP contribution in [0.1, 0.15) is 22.7 Å². The number of hydrogen-bond acceptors (Lipinski definition) is 3. The van der Waals surface area contributed by atoms with Gasteiger partial charge in [-0.05, 0) is 41.0 Å². The van der Waals surface area contributed by atoms with E-state index in [0.29, 0.717) is 10.6 Å². The van der Waals surface area contributed by atoms with Crippen LogP contribution >= 0.6 is 7.29 Å². The molecule has 0 fully saturated rings. The third kappa shape index (κ3) is 4.64. The molecule has 6 rings (SSSR count). The predicted molar refractivity (Wildman–Crippen MR) is 159 cm³/mol. The number of benzene rings is 5. The average molecular weight is 524 g/mol. The summed E-state index contributed by atoms with van der Waals surface area (Å²) in [5.41, 5.74) is 5.84. The molecule has 1 aliphatic rings. The van der Waals surface area contributed by atoms with Gasteiger partial charge >= 0.3 is 0 Å². The molecule has 5 aromatic carbocycles. The highest BCUT2D eigenvalue weighted by Gasteiger charge is 2.35. The number of nitrogens with one attached hydrogen (secondary N) is 1. The van der Waals surface area contributed by atoms with E-state index < -0.39 is 19.4 Å². The molecule has 0 saturated heterocycles. The lowest BCUT2D eigenvalue weighted by atomic mass is 10.0. The molecule has 0 aliphatic heterocycles. The molecule has 0 spiro atoms. The minimum atomic E-state index is -3.36. The number of hydrogen-bond donors (Lipinski definition) is 1. The van der Waals surface area contributed by atoms with Gasteiger partial charge in [0, 0.05) is 21.7 Å². The second kappa shape index (κ2) is 10.7. The molecule has 0 heterocycles. The van der Waals surface area contributed by atoms with Crippen molar-refractivity contribution < 1.29 is 4.57 Å². The molecule has 39 heavy (non-hydrogen) atoms. The Bertz CT molecular complexity index is 1640. The van der Waals surface area contributed by atoms with Crippen molar-refractivity contribution in [3.63, 3.8) is 0 Å². The summed E-state index contributed by atoms with van der Waals surface area (Å²) in [6, 6.07) is 45.8. The highest BCUT2D eigenvalue weighted by molar-refractivity contribution is 7.76. The first-order valence-corrected chi connectivity index (χ1v) is 14.6. The molecular formula is C34H26N3OP. The van der Waals surface area contributed by atoms with Crippen molar-refractivity contribution in [1.82, 2.24) is 5.09 Å². The van der Waals surface area contributed by atoms with Crippen LogP contribution in [0.5, 0.6) is 0 Å². The van der Waals surface area contributed by atoms with Gasteiger partial charge in [-0.15, -0.1) is 0 Å². The summed E-state index contributed by atoms with van der Waals surface area (Å²) in [4.78, 5) is 5.10. The standard InChI is InChI=1S/C34H26N3OP/c35-24-32(36-34-30-22-12-10-20-28(30)29-21-11-13-23-31(29)34)33(25-14-4-1-5-15-25)37-39(38,26-16-6-2-7-17-26)27-18-8-3-9-19-27/h1-23,32-33H,(H,37,38)/t32-,33-/m1/s1. The molecule has 0 saturated carbocycles. The molecule has 4 nitrogen and oxygen atoms in total. The Morgan fingerprint density at radius 1 is 0.590 bits per heavy atom. The van der Waals surface area contributed by atoms with Crippen molar-refractivity contribution >= 4 is 23.6 Å². The van der Waals surface area contributed by atoms with Gasteiger partial charge in [-0.1, -0.05) is 115 Å². The van der Waals surface area contributed by atoms with Gasteiger partial charge in [-0.3, -0.25) is 9.56 Å². The van der Waals surface area contributed by atoms with Gasteiger partial charge in [0.1, 0.15) is 0 Å². The van der Waals surface area contributed by atoms with Gasteiger partial charge in [-0.2, -0.15) is 5.26 Å². The Kier molecular flexibility index (Phi) is 6.78. The molecule has 0 radical (unpaired) electrons. The second-order valence-electron chi connectivity index (χ2n) is 9.44. The van der Waals surface area contributed by atoms with Gasteiger partial charge in [0.25, 0.3) is 0 Å². The van der Waals surface area contributed by atoms with Crippen molar-refractivity contribution in [2.24, 2.45) is 4.99 Å². The van der Waals surface area contributed by atoms with Crippen LogP contribution in [0.4, 0.5) is 0 Å². The fourth-order valence-corrected chi connectivity index (χ4v) is 7.67. The van der Waals surface area contributed by atoms with Crippen LogP contribution < -0.4 is 15.7 Å². The lowest BCUT2D eigenvalue weighted by Crippen LogP contribution is -2.35. The molecule has 1 aliphatic carbocycles. The molecular weight excluding hydrogens is 497 g/mol. The first-order chi connectivity index (χ1) is 19.2. The lowest BCUT2D eigenvalue weighted by Gasteiger charge is -2.29. The van der Waals surface area contributed by atoms with E-state index in [1.165, 1.54) is 0 Å². The summed E-state index contributed by atoms with van der Waals surface area (Å²) in [5.74, 6) is 0. The van der Waals surface area contributed by atoms with Crippen LogP contribution in [0.15, 0.2) is 145 Å². The van der Waals surface area contributed by atoms with E-state index in [-0.39, 0.29) is 0 Å². The van der Waals surface area contributed by atoms with E-state index in [1.54, 1.807) is 0 Å². The first kappa shape index (κ1) is 24.8. The zero-order chi connectivity index (χ0) is 26.7. The normalized spacial score (nSPS) is 13.6. The molecule has 5 aromatic rings. The van der Waals surface area contributed by atoms with E-state index in [0.717, 1.165) is 33.5 Å². The molecule has 5 heteroatoms. The number of fused-ring (bicyclic) bond motifs is 3. The minimum Gasteiger partial charge on any atom is -0.297 e. The molecule has 0 unspecified atom stereocenters. The summed E-state index contributed by atoms with van der Waals surface area (Å²) in [6.07, 6.45) is 0. The van der Waals surface area contributed by atoms with Gasteiger partial charge < -0.3 is 0 Å².